The van der Waals surface area contributed by atoms with Gasteiger partial charge in [0.1, 0.15) is 23.3 Å². The topological polar surface area (TPSA) is 81.4 Å². The first-order chi connectivity index (χ1) is 11.5. The van der Waals surface area contributed by atoms with Crippen molar-refractivity contribution < 1.29 is 14.1 Å². The highest BCUT2D eigenvalue weighted by Gasteiger charge is 2.30. The van der Waals surface area contributed by atoms with Crippen LogP contribution in [0.25, 0.3) is 0 Å². The van der Waals surface area contributed by atoms with Crippen LogP contribution in [0.1, 0.15) is 52.1 Å². The molecule has 0 aliphatic carbocycles. The number of aromatic nitrogens is 3. The Morgan fingerprint density at radius 1 is 1.33 bits per heavy atom. The smallest absolute Gasteiger partial charge is 0.259 e. The average Bonchev–Trinajstić information content (AvgIpc) is 2.94. The monoisotopic (exact) mass is 330 g/mol. The molecule has 0 saturated carbocycles. The van der Waals surface area contributed by atoms with E-state index in [0.717, 1.165) is 11.4 Å². The van der Waals surface area contributed by atoms with Crippen molar-refractivity contribution in [3.63, 3.8) is 0 Å². The van der Waals surface area contributed by atoms with Crippen molar-refractivity contribution in [3.8, 4) is 0 Å². The summed E-state index contributed by atoms with van der Waals surface area (Å²) in [6.45, 7) is 9.00. The molecular weight excluding hydrogens is 308 g/mol. The number of ether oxygens (including phenoxy) is 1. The van der Waals surface area contributed by atoms with Crippen LogP contribution >= 0.6 is 0 Å². The van der Waals surface area contributed by atoms with Crippen molar-refractivity contribution >= 4 is 5.91 Å². The average molecular weight is 330 g/mol. The van der Waals surface area contributed by atoms with Gasteiger partial charge in [-0.15, -0.1) is 0 Å². The molecule has 0 spiro atoms. The van der Waals surface area contributed by atoms with Gasteiger partial charge in [-0.1, -0.05) is 12.1 Å². The molecule has 1 aliphatic heterocycles. The van der Waals surface area contributed by atoms with Crippen LogP contribution in [0.3, 0.4) is 0 Å². The zero-order valence-corrected chi connectivity index (χ0v) is 14.5. The molecule has 128 valence electrons. The summed E-state index contributed by atoms with van der Waals surface area (Å²) in [6, 6.07) is 1.91. The summed E-state index contributed by atoms with van der Waals surface area (Å²) in [5.41, 5.74) is 2.99. The van der Waals surface area contributed by atoms with Crippen LogP contribution in [-0.2, 0) is 11.2 Å². The fourth-order valence-electron chi connectivity index (χ4n) is 3.01. The summed E-state index contributed by atoms with van der Waals surface area (Å²) in [5.74, 6) is 1.22. The van der Waals surface area contributed by atoms with Crippen LogP contribution in [0, 0.1) is 20.8 Å². The Morgan fingerprint density at radius 3 is 2.83 bits per heavy atom. The maximum atomic E-state index is 12.9. The highest BCUT2D eigenvalue weighted by Crippen LogP contribution is 2.24. The van der Waals surface area contributed by atoms with Gasteiger partial charge in [-0.3, -0.25) is 4.79 Å². The Morgan fingerprint density at radius 2 is 2.12 bits per heavy atom. The number of hydrogen-bond acceptors (Lipinski definition) is 6. The van der Waals surface area contributed by atoms with E-state index in [4.69, 9.17) is 9.26 Å². The summed E-state index contributed by atoms with van der Waals surface area (Å²) < 4.78 is 11.0. The van der Waals surface area contributed by atoms with Crippen LogP contribution in [-0.4, -0.2) is 45.6 Å². The van der Waals surface area contributed by atoms with Gasteiger partial charge >= 0.3 is 0 Å². The highest BCUT2D eigenvalue weighted by atomic mass is 16.5. The van der Waals surface area contributed by atoms with Crippen LogP contribution in [0.15, 0.2) is 10.6 Å². The number of amides is 1. The summed E-state index contributed by atoms with van der Waals surface area (Å²) >= 11 is 0. The van der Waals surface area contributed by atoms with Gasteiger partial charge in [-0.05, 0) is 33.3 Å². The Bertz CT molecular complexity index is 736. The molecule has 0 radical (unpaired) electrons. The summed E-state index contributed by atoms with van der Waals surface area (Å²) in [6.07, 6.45) is 0.421. The molecule has 1 amide bonds. The number of aryl methyl sites for hydroxylation is 4. The molecule has 1 aliphatic rings. The van der Waals surface area contributed by atoms with E-state index >= 15 is 0 Å². The van der Waals surface area contributed by atoms with Crippen LogP contribution < -0.4 is 0 Å². The Kier molecular flexibility index (Phi) is 4.62. The van der Waals surface area contributed by atoms with E-state index in [9.17, 15) is 4.79 Å². The molecule has 0 N–H and O–H groups in total. The predicted molar refractivity (Wildman–Crippen MR) is 86.7 cm³/mol. The predicted octanol–water partition coefficient (Wildman–Crippen LogP) is 2.17. The lowest BCUT2D eigenvalue weighted by Crippen LogP contribution is -2.43. The van der Waals surface area contributed by atoms with Gasteiger partial charge in [-0.25, -0.2) is 9.97 Å². The molecule has 0 aromatic carbocycles. The van der Waals surface area contributed by atoms with Crippen molar-refractivity contribution in [2.75, 3.05) is 19.7 Å². The molecule has 3 heterocycles. The standard InChI is InChI=1S/C17H22N4O3/c1-5-13-16(11(3)24-20-13)17(22)21-6-7-23-15(9-21)14-8-10(2)18-12(4)19-14/h8,15H,5-7,9H2,1-4H3. The number of carbonyl (C=O) groups excluding carboxylic acids is 1. The second kappa shape index (κ2) is 6.68. The van der Waals surface area contributed by atoms with Gasteiger partial charge in [0, 0.05) is 12.2 Å². The van der Waals surface area contributed by atoms with E-state index in [-0.39, 0.29) is 12.0 Å². The van der Waals surface area contributed by atoms with Gasteiger partial charge in [0.2, 0.25) is 0 Å². The molecule has 1 unspecified atom stereocenters. The molecule has 7 heteroatoms. The molecule has 2 aromatic heterocycles. The fraction of sp³-hybridized carbons (Fsp3) is 0.529. The van der Waals surface area contributed by atoms with Gasteiger partial charge < -0.3 is 14.2 Å². The third-order valence-electron chi connectivity index (χ3n) is 4.15. The van der Waals surface area contributed by atoms with Crippen molar-refractivity contribution in [3.05, 3.63) is 40.3 Å². The maximum absolute atomic E-state index is 12.9. The molecule has 1 atom stereocenters. The van der Waals surface area contributed by atoms with Crippen LogP contribution in [0.2, 0.25) is 0 Å². The molecule has 24 heavy (non-hydrogen) atoms. The minimum absolute atomic E-state index is 0.0543. The minimum Gasteiger partial charge on any atom is -0.368 e. The highest BCUT2D eigenvalue weighted by molar-refractivity contribution is 5.96. The zero-order valence-electron chi connectivity index (χ0n) is 14.5. The number of morpholine rings is 1. The fourth-order valence-corrected chi connectivity index (χ4v) is 3.01. The third kappa shape index (κ3) is 3.17. The SMILES string of the molecule is CCc1noc(C)c1C(=O)N1CCOC(c2cc(C)nc(C)n2)C1. The second-order valence-corrected chi connectivity index (χ2v) is 6.01. The normalized spacial score (nSPS) is 18.0. The van der Waals surface area contributed by atoms with Gasteiger partial charge in [0.25, 0.3) is 5.91 Å². The molecule has 1 saturated heterocycles. The first kappa shape index (κ1) is 16.6. The summed E-state index contributed by atoms with van der Waals surface area (Å²) in [5, 5.41) is 3.98. The Hall–Kier alpha value is -2.28. The number of rotatable bonds is 3. The van der Waals surface area contributed by atoms with E-state index in [1.54, 1.807) is 11.8 Å². The Labute approximate surface area is 141 Å². The molecule has 7 nitrogen and oxygen atoms in total. The van der Waals surface area contributed by atoms with Crippen molar-refractivity contribution in [1.82, 2.24) is 20.0 Å². The lowest BCUT2D eigenvalue weighted by atomic mass is 10.1. The maximum Gasteiger partial charge on any atom is 0.259 e. The first-order valence-electron chi connectivity index (χ1n) is 8.17. The lowest BCUT2D eigenvalue weighted by molar-refractivity contribution is -0.0249. The van der Waals surface area contributed by atoms with Crippen molar-refractivity contribution in [1.29, 1.82) is 0 Å². The number of nitrogens with zero attached hydrogens (tertiary/aromatic N) is 4. The van der Waals surface area contributed by atoms with Gasteiger partial charge in [-0.2, -0.15) is 0 Å². The van der Waals surface area contributed by atoms with E-state index < -0.39 is 0 Å². The van der Waals surface area contributed by atoms with Gasteiger partial charge in [0.15, 0.2) is 0 Å². The molecule has 0 bridgehead atoms. The Balaban J connectivity index is 1.82. The van der Waals surface area contributed by atoms with E-state index in [2.05, 4.69) is 15.1 Å². The third-order valence-corrected chi connectivity index (χ3v) is 4.15. The largest absolute Gasteiger partial charge is 0.368 e. The molecule has 1 fully saturated rings. The zero-order chi connectivity index (χ0) is 17.3. The number of hydrogen-bond donors (Lipinski definition) is 0. The molecule has 3 rings (SSSR count). The molecule has 2 aromatic rings. The molecular formula is C17H22N4O3. The number of carbonyl (C=O) groups is 1. The van der Waals surface area contributed by atoms with Crippen LogP contribution in [0.5, 0.6) is 0 Å². The van der Waals surface area contributed by atoms with Crippen LogP contribution in [0.4, 0.5) is 0 Å². The van der Waals surface area contributed by atoms with Gasteiger partial charge in [0.05, 0.1) is 24.5 Å². The van der Waals surface area contributed by atoms with E-state index in [1.165, 1.54) is 0 Å². The second-order valence-electron chi connectivity index (χ2n) is 6.01. The first-order valence-corrected chi connectivity index (χ1v) is 8.17. The summed E-state index contributed by atoms with van der Waals surface area (Å²) in [4.78, 5) is 23.5. The lowest BCUT2D eigenvalue weighted by Gasteiger charge is -2.32. The van der Waals surface area contributed by atoms with Crippen molar-refractivity contribution in [2.45, 2.75) is 40.2 Å². The minimum atomic E-state index is -0.242. The summed E-state index contributed by atoms with van der Waals surface area (Å²) in [7, 11) is 0. The van der Waals surface area contributed by atoms with E-state index in [0.29, 0.717) is 49.0 Å². The quantitative estimate of drug-likeness (QED) is 0.858. The van der Waals surface area contributed by atoms with Crippen molar-refractivity contribution in [2.24, 2.45) is 0 Å². The van der Waals surface area contributed by atoms with E-state index in [1.807, 2.05) is 26.8 Å².